The van der Waals surface area contributed by atoms with Crippen molar-refractivity contribution in [2.24, 2.45) is 0 Å². The number of carboxylic acid groups (broad SMARTS) is 1. The SMILES string of the molecule is COC1CCC(Nc2nnc(SCC(=O)O)s2)C1. The van der Waals surface area contributed by atoms with Crippen molar-refractivity contribution in [3.05, 3.63) is 0 Å². The van der Waals surface area contributed by atoms with E-state index in [4.69, 9.17) is 9.84 Å². The van der Waals surface area contributed by atoms with Gasteiger partial charge in [0.1, 0.15) is 0 Å². The van der Waals surface area contributed by atoms with E-state index in [-0.39, 0.29) is 5.75 Å². The summed E-state index contributed by atoms with van der Waals surface area (Å²) in [6, 6.07) is 0.375. The summed E-state index contributed by atoms with van der Waals surface area (Å²) < 4.78 is 5.99. The first kappa shape index (κ1) is 13.6. The normalized spacial score (nSPS) is 23.2. The number of hydrogen-bond donors (Lipinski definition) is 2. The van der Waals surface area contributed by atoms with E-state index in [1.165, 1.54) is 23.1 Å². The Morgan fingerprint density at radius 3 is 3.11 bits per heavy atom. The lowest BCUT2D eigenvalue weighted by Crippen LogP contribution is -2.17. The van der Waals surface area contributed by atoms with Crippen molar-refractivity contribution in [1.82, 2.24) is 10.2 Å². The minimum absolute atomic E-state index is 0.0177. The van der Waals surface area contributed by atoms with Crippen LogP contribution in [0.2, 0.25) is 0 Å². The van der Waals surface area contributed by atoms with E-state index in [2.05, 4.69) is 15.5 Å². The maximum absolute atomic E-state index is 10.4. The minimum Gasteiger partial charge on any atom is -0.481 e. The average molecular weight is 289 g/mol. The van der Waals surface area contributed by atoms with Gasteiger partial charge in [0.15, 0.2) is 4.34 Å². The third-order valence-electron chi connectivity index (χ3n) is 2.77. The topological polar surface area (TPSA) is 84.3 Å². The number of hydrogen-bond acceptors (Lipinski definition) is 7. The number of anilines is 1. The van der Waals surface area contributed by atoms with Crippen molar-refractivity contribution >= 4 is 34.2 Å². The van der Waals surface area contributed by atoms with Crippen LogP contribution in [0.3, 0.4) is 0 Å². The van der Waals surface area contributed by atoms with Crippen LogP contribution < -0.4 is 5.32 Å². The maximum atomic E-state index is 10.4. The van der Waals surface area contributed by atoms with Gasteiger partial charge in [-0.15, -0.1) is 10.2 Å². The van der Waals surface area contributed by atoms with E-state index in [9.17, 15) is 4.79 Å². The summed E-state index contributed by atoms with van der Waals surface area (Å²) in [7, 11) is 1.73. The third kappa shape index (κ3) is 3.82. The Balaban J connectivity index is 1.81. The Kier molecular flexibility index (Phi) is 4.79. The fourth-order valence-electron chi connectivity index (χ4n) is 1.91. The number of methoxy groups -OCH3 is 1. The highest BCUT2D eigenvalue weighted by Crippen LogP contribution is 2.29. The molecule has 0 bridgehead atoms. The van der Waals surface area contributed by atoms with Gasteiger partial charge in [0, 0.05) is 13.2 Å². The smallest absolute Gasteiger partial charge is 0.313 e. The first-order valence-electron chi connectivity index (χ1n) is 5.65. The molecule has 1 saturated carbocycles. The van der Waals surface area contributed by atoms with Crippen LogP contribution in [0.25, 0.3) is 0 Å². The van der Waals surface area contributed by atoms with Crippen molar-refractivity contribution < 1.29 is 14.6 Å². The fraction of sp³-hybridized carbons (Fsp3) is 0.700. The molecule has 1 fully saturated rings. The van der Waals surface area contributed by atoms with Crippen molar-refractivity contribution in [1.29, 1.82) is 0 Å². The second kappa shape index (κ2) is 6.35. The molecule has 1 aromatic rings. The average Bonchev–Trinajstić information content (AvgIpc) is 2.96. The first-order chi connectivity index (χ1) is 8.67. The molecule has 0 saturated heterocycles. The molecule has 2 N–H and O–H groups in total. The fourth-order valence-corrected chi connectivity index (χ4v) is 3.46. The van der Waals surface area contributed by atoms with Gasteiger partial charge in [-0.05, 0) is 19.3 Å². The lowest BCUT2D eigenvalue weighted by Gasteiger charge is -2.10. The molecule has 0 spiro atoms. The van der Waals surface area contributed by atoms with Crippen molar-refractivity contribution in [3.63, 3.8) is 0 Å². The van der Waals surface area contributed by atoms with Gasteiger partial charge >= 0.3 is 5.97 Å². The largest absolute Gasteiger partial charge is 0.481 e. The summed E-state index contributed by atoms with van der Waals surface area (Å²) >= 11 is 2.59. The van der Waals surface area contributed by atoms with Gasteiger partial charge in [0.25, 0.3) is 0 Å². The monoisotopic (exact) mass is 289 g/mol. The quantitative estimate of drug-likeness (QED) is 0.771. The highest BCUT2D eigenvalue weighted by Gasteiger charge is 2.25. The van der Waals surface area contributed by atoms with Gasteiger partial charge < -0.3 is 15.2 Å². The highest BCUT2D eigenvalue weighted by molar-refractivity contribution is 8.01. The lowest BCUT2D eigenvalue weighted by atomic mass is 10.2. The predicted molar refractivity (Wildman–Crippen MR) is 70.3 cm³/mol. The third-order valence-corrected chi connectivity index (χ3v) is 4.74. The number of aliphatic carboxylic acids is 1. The Bertz CT molecular complexity index is 413. The van der Waals surface area contributed by atoms with Crippen LogP contribution in [0.4, 0.5) is 5.13 Å². The lowest BCUT2D eigenvalue weighted by molar-refractivity contribution is -0.133. The molecule has 1 aliphatic rings. The summed E-state index contributed by atoms with van der Waals surface area (Å²) in [6.45, 7) is 0. The van der Waals surface area contributed by atoms with Crippen LogP contribution in [0, 0.1) is 0 Å². The summed E-state index contributed by atoms with van der Waals surface area (Å²) in [5, 5.41) is 20.6. The van der Waals surface area contributed by atoms with Crippen molar-refractivity contribution in [2.45, 2.75) is 35.7 Å². The molecular weight excluding hydrogens is 274 g/mol. The van der Waals surface area contributed by atoms with E-state index in [1.54, 1.807) is 7.11 Å². The molecule has 0 aliphatic heterocycles. The molecule has 1 aliphatic carbocycles. The van der Waals surface area contributed by atoms with Crippen LogP contribution in [-0.4, -0.2) is 46.3 Å². The van der Waals surface area contributed by atoms with Crippen molar-refractivity contribution in [2.75, 3.05) is 18.2 Å². The minimum atomic E-state index is -0.844. The first-order valence-corrected chi connectivity index (χ1v) is 7.45. The van der Waals surface area contributed by atoms with Crippen LogP contribution in [-0.2, 0) is 9.53 Å². The molecule has 0 radical (unpaired) electrons. The van der Waals surface area contributed by atoms with Crippen molar-refractivity contribution in [3.8, 4) is 0 Å². The number of carboxylic acids is 1. The molecule has 1 aromatic heterocycles. The number of ether oxygens (including phenoxy) is 1. The summed E-state index contributed by atoms with van der Waals surface area (Å²) in [4.78, 5) is 10.4. The molecule has 6 nitrogen and oxygen atoms in total. The molecule has 8 heteroatoms. The molecule has 2 unspecified atom stereocenters. The second-order valence-electron chi connectivity index (χ2n) is 4.07. The number of aromatic nitrogens is 2. The zero-order chi connectivity index (χ0) is 13.0. The number of thioether (sulfide) groups is 1. The molecule has 18 heavy (non-hydrogen) atoms. The Morgan fingerprint density at radius 2 is 2.44 bits per heavy atom. The van der Waals surface area contributed by atoms with Crippen LogP contribution in [0.15, 0.2) is 4.34 Å². The molecule has 100 valence electrons. The van der Waals surface area contributed by atoms with Gasteiger partial charge in [-0.25, -0.2) is 0 Å². The Hall–Kier alpha value is -0.860. The second-order valence-corrected chi connectivity index (χ2v) is 6.27. The van der Waals surface area contributed by atoms with E-state index < -0.39 is 5.97 Å². The van der Waals surface area contributed by atoms with Crippen LogP contribution >= 0.6 is 23.1 Å². The van der Waals surface area contributed by atoms with E-state index in [1.807, 2.05) is 0 Å². The van der Waals surface area contributed by atoms with E-state index in [0.29, 0.717) is 16.5 Å². The van der Waals surface area contributed by atoms with E-state index >= 15 is 0 Å². The summed E-state index contributed by atoms with van der Waals surface area (Å²) in [6.07, 6.45) is 3.44. The Labute approximate surface area is 113 Å². The van der Waals surface area contributed by atoms with Crippen LogP contribution in [0.5, 0.6) is 0 Å². The van der Waals surface area contributed by atoms with Gasteiger partial charge in [0.05, 0.1) is 11.9 Å². The molecular formula is C10H15N3O3S2. The molecule has 1 heterocycles. The molecule has 2 rings (SSSR count). The number of rotatable bonds is 6. The Morgan fingerprint density at radius 1 is 1.61 bits per heavy atom. The number of carbonyl (C=O) groups is 1. The number of nitrogens with zero attached hydrogens (tertiary/aromatic N) is 2. The van der Waals surface area contributed by atoms with E-state index in [0.717, 1.165) is 24.4 Å². The zero-order valence-electron chi connectivity index (χ0n) is 9.96. The predicted octanol–water partition coefficient (Wildman–Crippen LogP) is 1.69. The summed E-state index contributed by atoms with van der Waals surface area (Å²) in [5.41, 5.74) is 0. The van der Waals surface area contributed by atoms with Gasteiger partial charge in [-0.1, -0.05) is 23.1 Å². The molecule has 0 aromatic carbocycles. The van der Waals surface area contributed by atoms with Gasteiger partial charge in [-0.3, -0.25) is 4.79 Å². The maximum Gasteiger partial charge on any atom is 0.313 e. The highest BCUT2D eigenvalue weighted by atomic mass is 32.2. The molecule has 0 amide bonds. The van der Waals surface area contributed by atoms with Crippen LogP contribution in [0.1, 0.15) is 19.3 Å². The standard InChI is InChI=1S/C10H15N3O3S2/c1-16-7-3-2-6(4-7)11-9-12-13-10(18-9)17-5-8(14)15/h6-7H,2-5H2,1H3,(H,11,12)(H,14,15). The zero-order valence-corrected chi connectivity index (χ0v) is 11.6. The van der Waals surface area contributed by atoms with Gasteiger partial charge in [0.2, 0.25) is 5.13 Å². The molecule has 2 atom stereocenters. The van der Waals surface area contributed by atoms with Gasteiger partial charge in [-0.2, -0.15) is 0 Å². The number of nitrogens with one attached hydrogen (secondary N) is 1. The summed E-state index contributed by atoms with van der Waals surface area (Å²) in [5.74, 6) is -0.826.